The van der Waals surface area contributed by atoms with E-state index in [2.05, 4.69) is 5.10 Å². The third-order valence-electron chi connectivity index (χ3n) is 5.43. The highest BCUT2D eigenvalue weighted by atomic mass is 35.5. The van der Waals surface area contributed by atoms with Crippen LogP contribution in [0.1, 0.15) is 25.0 Å². The molecule has 0 aromatic heterocycles. The number of hydrazone groups is 1. The molecule has 1 amide bonds. The van der Waals surface area contributed by atoms with Crippen molar-refractivity contribution in [3.63, 3.8) is 0 Å². The Hall–Kier alpha value is -3.99. The lowest BCUT2D eigenvalue weighted by Gasteiger charge is -2.16. The first-order valence-corrected chi connectivity index (χ1v) is 11.4. The van der Waals surface area contributed by atoms with Crippen LogP contribution in [0.4, 0.5) is 32.0 Å². The Balaban J connectivity index is 1.68. The van der Waals surface area contributed by atoms with Crippen LogP contribution in [0.5, 0.6) is 11.5 Å². The molecule has 1 heterocycles. The fourth-order valence-corrected chi connectivity index (χ4v) is 3.90. The van der Waals surface area contributed by atoms with Crippen molar-refractivity contribution in [2.75, 3.05) is 11.6 Å². The topological polar surface area (TPSA) is 51.1 Å². The summed E-state index contributed by atoms with van der Waals surface area (Å²) in [5, 5.41) is 3.84. The molecule has 0 radical (unpaired) electrons. The van der Waals surface area contributed by atoms with Gasteiger partial charge in [0.2, 0.25) is 5.82 Å². The predicted octanol–water partition coefficient (Wildman–Crippen LogP) is 6.96. The molecule has 3 aromatic carbocycles. The summed E-state index contributed by atoms with van der Waals surface area (Å²) in [4.78, 5) is 12.9. The summed E-state index contributed by atoms with van der Waals surface area (Å²) in [6.45, 7) is 3.04. The molecule has 0 bridgehead atoms. The van der Waals surface area contributed by atoms with E-state index in [1.807, 2.05) is 0 Å². The van der Waals surface area contributed by atoms with Crippen LogP contribution < -0.4 is 14.5 Å². The molecule has 0 aliphatic carbocycles. The van der Waals surface area contributed by atoms with Crippen LogP contribution in [0, 0.1) is 34.9 Å². The number of rotatable bonds is 7. The molecule has 5 nitrogen and oxygen atoms in total. The van der Waals surface area contributed by atoms with E-state index >= 15 is 0 Å². The molecule has 0 fully saturated rings. The molecule has 12 heteroatoms. The average Bonchev–Trinajstić information content (AvgIpc) is 3.15. The summed E-state index contributed by atoms with van der Waals surface area (Å²) < 4.78 is 94.6. The van der Waals surface area contributed by atoms with Crippen molar-refractivity contribution in [1.29, 1.82) is 0 Å². The number of carbonyl (C=O) groups excluding carboxylic acids is 1. The molecule has 198 valence electrons. The molecule has 0 atom stereocenters. The Labute approximate surface area is 217 Å². The molecular weight excluding hydrogens is 538 g/mol. The SMILES string of the molecule is CCOc1cc(/C=C2/C(=O)N(c3c(F)c(F)c(F)c(F)c3F)N=C2C)cc(Cl)c1OCc1ccccc1F. The third-order valence-corrected chi connectivity index (χ3v) is 5.71. The summed E-state index contributed by atoms with van der Waals surface area (Å²) >= 11 is 6.38. The number of hydrogen-bond donors (Lipinski definition) is 0. The van der Waals surface area contributed by atoms with Crippen molar-refractivity contribution in [1.82, 2.24) is 0 Å². The van der Waals surface area contributed by atoms with E-state index in [0.717, 1.165) is 0 Å². The Morgan fingerprint density at radius 3 is 2.21 bits per heavy atom. The number of benzene rings is 3. The van der Waals surface area contributed by atoms with Crippen LogP contribution in [0.3, 0.4) is 0 Å². The van der Waals surface area contributed by atoms with Crippen LogP contribution in [0.15, 0.2) is 47.1 Å². The van der Waals surface area contributed by atoms with E-state index in [1.165, 1.54) is 43.3 Å². The number of ether oxygens (including phenoxy) is 2. The largest absolute Gasteiger partial charge is 0.490 e. The van der Waals surface area contributed by atoms with Gasteiger partial charge in [-0.2, -0.15) is 10.1 Å². The zero-order chi connectivity index (χ0) is 27.7. The Bertz CT molecular complexity index is 1480. The van der Waals surface area contributed by atoms with E-state index in [1.54, 1.807) is 13.0 Å². The summed E-state index contributed by atoms with van der Waals surface area (Å²) in [5.41, 5.74) is -1.22. The molecule has 1 aliphatic heterocycles. The molecule has 0 saturated carbocycles. The van der Waals surface area contributed by atoms with Crippen LogP contribution in [0.2, 0.25) is 5.02 Å². The van der Waals surface area contributed by atoms with Crippen LogP contribution in [-0.4, -0.2) is 18.2 Å². The smallest absolute Gasteiger partial charge is 0.280 e. The number of halogens is 7. The molecule has 3 aromatic rings. The number of carbonyl (C=O) groups is 1. The first-order chi connectivity index (χ1) is 18.0. The number of anilines is 1. The molecule has 0 saturated heterocycles. The zero-order valence-electron chi connectivity index (χ0n) is 19.7. The van der Waals surface area contributed by atoms with Gasteiger partial charge in [-0.25, -0.2) is 26.3 Å². The maximum absolute atomic E-state index is 14.3. The Morgan fingerprint density at radius 1 is 0.947 bits per heavy atom. The lowest BCUT2D eigenvalue weighted by Crippen LogP contribution is -2.25. The average molecular weight is 555 g/mol. The van der Waals surface area contributed by atoms with Crippen molar-refractivity contribution in [3.8, 4) is 11.5 Å². The minimum atomic E-state index is -2.36. The number of amides is 1. The van der Waals surface area contributed by atoms with Gasteiger partial charge in [0.15, 0.2) is 34.8 Å². The van der Waals surface area contributed by atoms with Crippen molar-refractivity contribution in [2.24, 2.45) is 5.10 Å². The molecular formula is C26H17ClF6N2O3. The lowest BCUT2D eigenvalue weighted by atomic mass is 10.1. The van der Waals surface area contributed by atoms with E-state index in [9.17, 15) is 31.1 Å². The number of nitrogens with zero attached hydrogens (tertiary/aromatic N) is 2. The van der Waals surface area contributed by atoms with Gasteiger partial charge in [-0.1, -0.05) is 29.8 Å². The first kappa shape index (κ1) is 27.1. The molecule has 0 spiro atoms. The van der Waals surface area contributed by atoms with Gasteiger partial charge in [0.05, 0.1) is 22.9 Å². The van der Waals surface area contributed by atoms with Crippen LogP contribution in [0.25, 0.3) is 6.08 Å². The van der Waals surface area contributed by atoms with Crippen LogP contribution in [-0.2, 0) is 11.4 Å². The van der Waals surface area contributed by atoms with Gasteiger partial charge in [0.25, 0.3) is 5.91 Å². The molecule has 0 unspecified atom stereocenters. The predicted molar refractivity (Wildman–Crippen MR) is 128 cm³/mol. The molecule has 0 N–H and O–H groups in total. The minimum absolute atomic E-state index is 0.0378. The maximum Gasteiger partial charge on any atom is 0.280 e. The van der Waals surface area contributed by atoms with Crippen molar-refractivity contribution >= 4 is 35.0 Å². The van der Waals surface area contributed by atoms with E-state index in [4.69, 9.17) is 21.1 Å². The fraction of sp³-hybridized carbons (Fsp3) is 0.154. The highest BCUT2D eigenvalue weighted by Gasteiger charge is 2.37. The van der Waals surface area contributed by atoms with Crippen molar-refractivity contribution in [3.05, 3.63) is 93.0 Å². The monoisotopic (exact) mass is 554 g/mol. The highest BCUT2D eigenvalue weighted by Crippen LogP contribution is 2.39. The fourth-order valence-electron chi connectivity index (χ4n) is 3.62. The molecule has 1 aliphatic rings. The summed E-state index contributed by atoms with van der Waals surface area (Å²) in [5.74, 6) is -12.5. The van der Waals surface area contributed by atoms with E-state index in [-0.39, 0.29) is 57.2 Å². The zero-order valence-corrected chi connectivity index (χ0v) is 20.5. The highest BCUT2D eigenvalue weighted by molar-refractivity contribution is 6.33. The van der Waals surface area contributed by atoms with Crippen molar-refractivity contribution in [2.45, 2.75) is 20.5 Å². The Kier molecular flexibility index (Phi) is 7.68. The maximum atomic E-state index is 14.3. The van der Waals surface area contributed by atoms with Gasteiger partial charge in [0.1, 0.15) is 18.1 Å². The summed E-state index contributed by atoms with van der Waals surface area (Å²) in [6.07, 6.45) is 1.25. The van der Waals surface area contributed by atoms with Gasteiger partial charge < -0.3 is 9.47 Å². The second-order valence-corrected chi connectivity index (χ2v) is 8.33. The van der Waals surface area contributed by atoms with E-state index in [0.29, 0.717) is 0 Å². The van der Waals surface area contributed by atoms with Gasteiger partial charge in [0, 0.05) is 5.56 Å². The first-order valence-electron chi connectivity index (χ1n) is 11.0. The van der Waals surface area contributed by atoms with Gasteiger partial charge in [-0.15, -0.1) is 0 Å². The van der Waals surface area contributed by atoms with Gasteiger partial charge in [-0.3, -0.25) is 4.79 Å². The molecule has 4 rings (SSSR count). The quantitative estimate of drug-likeness (QED) is 0.137. The lowest BCUT2D eigenvalue weighted by molar-refractivity contribution is -0.114. The Morgan fingerprint density at radius 2 is 1.58 bits per heavy atom. The molecule has 38 heavy (non-hydrogen) atoms. The second-order valence-electron chi connectivity index (χ2n) is 7.92. The van der Waals surface area contributed by atoms with Crippen molar-refractivity contribution < 1.29 is 40.6 Å². The third kappa shape index (κ3) is 4.93. The van der Waals surface area contributed by atoms with Gasteiger partial charge >= 0.3 is 0 Å². The normalized spacial score (nSPS) is 14.3. The minimum Gasteiger partial charge on any atom is -0.490 e. The summed E-state index contributed by atoms with van der Waals surface area (Å²) in [6, 6.07) is 8.81. The van der Waals surface area contributed by atoms with Crippen LogP contribution >= 0.6 is 11.6 Å². The van der Waals surface area contributed by atoms with Gasteiger partial charge in [-0.05, 0) is 43.7 Å². The summed E-state index contributed by atoms with van der Waals surface area (Å²) in [7, 11) is 0. The standard InChI is InChI=1S/C26H17ClF6N2O3/c1-3-37-18-10-13(9-16(27)25(18)38-11-14-6-4-5-7-17(14)28)8-15-12(2)34-35(26(15)36)24-22(32)20(30)19(29)21(31)23(24)33/h4-10H,3,11H2,1-2H3/b15-8+. The number of hydrogen-bond acceptors (Lipinski definition) is 4. The second kappa shape index (κ2) is 10.8. The van der Waals surface area contributed by atoms with E-state index < -0.39 is 46.5 Å².